The predicted octanol–water partition coefficient (Wildman–Crippen LogP) is 1.86. The molecule has 9 nitrogen and oxygen atoms in total. The number of rotatable bonds is 6. The highest BCUT2D eigenvalue weighted by Crippen LogP contribution is 2.31. The Morgan fingerprint density at radius 2 is 1.93 bits per heavy atom. The van der Waals surface area contributed by atoms with E-state index in [2.05, 4.69) is 37.9 Å². The molecular weight excluding hydrogens is 404 g/mol. The second-order valence-electron chi connectivity index (χ2n) is 7.40. The van der Waals surface area contributed by atoms with E-state index in [0.29, 0.717) is 18.2 Å². The molecule has 1 aromatic heterocycles. The Labute approximate surface area is 179 Å². The lowest BCUT2D eigenvalue weighted by Crippen LogP contribution is -2.52. The summed E-state index contributed by atoms with van der Waals surface area (Å²) in [5.41, 5.74) is 1.27. The number of ether oxygens (including phenoxy) is 1. The van der Waals surface area contributed by atoms with E-state index in [1.807, 2.05) is 18.2 Å². The van der Waals surface area contributed by atoms with Crippen molar-refractivity contribution in [2.24, 2.45) is 0 Å². The van der Waals surface area contributed by atoms with Crippen molar-refractivity contribution >= 4 is 28.4 Å². The number of piperazine rings is 1. The summed E-state index contributed by atoms with van der Waals surface area (Å²) < 4.78 is 5.57. The van der Waals surface area contributed by atoms with Crippen molar-refractivity contribution in [1.29, 1.82) is 0 Å². The van der Waals surface area contributed by atoms with Crippen LogP contribution in [0.4, 0.5) is 9.93 Å². The van der Waals surface area contributed by atoms with Gasteiger partial charge >= 0.3 is 6.03 Å². The number of nitrogens with zero attached hydrogens (tertiary/aromatic N) is 4. The van der Waals surface area contributed by atoms with Gasteiger partial charge in [0.1, 0.15) is 11.1 Å². The zero-order valence-electron chi connectivity index (χ0n) is 16.7. The minimum absolute atomic E-state index is 0.0200. The molecule has 0 unspecified atom stereocenters. The molecule has 0 radical (unpaired) electrons. The molecule has 30 heavy (non-hydrogen) atoms. The van der Waals surface area contributed by atoms with Crippen LogP contribution in [0.15, 0.2) is 30.3 Å². The highest BCUT2D eigenvalue weighted by Gasteiger charge is 2.23. The fourth-order valence-corrected chi connectivity index (χ4v) is 4.41. The van der Waals surface area contributed by atoms with E-state index in [1.54, 1.807) is 4.90 Å². The van der Waals surface area contributed by atoms with Gasteiger partial charge < -0.3 is 15.0 Å². The molecule has 0 saturated carbocycles. The number of benzene rings is 1. The maximum atomic E-state index is 12.4. The van der Waals surface area contributed by atoms with Crippen molar-refractivity contribution < 1.29 is 14.3 Å². The fraction of sp³-hybridized carbons (Fsp3) is 0.500. The van der Waals surface area contributed by atoms with Crippen molar-refractivity contribution in [2.45, 2.75) is 25.5 Å². The quantitative estimate of drug-likeness (QED) is 0.726. The Bertz CT molecular complexity index is 847. The van der Waals surface area contributed by atoms with Crippen LogP contribution in [0.25, 0.3) is 0 Å². The van der Waals surface area contributed by atoms with Gasteiger partial charge in [-0.05, 0) is 18.4 Å². The molecule has 0 spiro atoms. The summed E-state index contributed by atoms with van der Waals surface area (Å²) in [6, 6.07) is 10.1. The average Bonchev–Trinajstić information content (AvgIpc) is 3.45. The predicted molar refractivity (Wildman–Crippen MR) is 113 cm³/mol. The minimum atomic E-state index is -0.318. The minimum Gasteiger partial charge on any atom is -0.371 e. The summed E-state index contributed by atoms with van der Waals surface area (Å²) in [7, 11) is 0. The topological polar surface area (TPSA) is 99.7 Å². The number of aromatic nitrogens is 2. The van der Waals surface area contributed by atoms with Crippen molar-refractivity contribution in [1.82, 2.24) is 25.3 Å². The Morgan fingerprint density at radius 3 is 2.67 bits per heavy atom. The first-order valence-electron chi connectivity index (χ1n) is 10.2. The zero-order valence-corrected chi connectivity index (χ0v) is 17.6. The van der Waals surface area contributed by atoms with E-state index in [1.165, 1.54) is 16.9 Å². The first kappa shape index (κ1) is 20.7. The molecule has 1 atom stereocenters. The van der Waals surface area contributed by atoms with Gasteiger partial charge in [-0.15, -0.1) is 10.2 Å². The number of hydrogen-bond donors (Lipinski definition) is 2. The highest BCUT2D eigenvalue weighted by molar-refractivity contribution is 7.15. The van der Waals surface area contributed by atoms with E-state index in [-0.39, 0.29) is 24.6 Å². The van der Waals surface area contributed by atoms with Gasteiger partial charge in [0.25, 0.3) is 0 Å². The van der Waals surface area contributed by atoms with Crippen molar-refractivity contribution in [3.63, 3.8) is 0 Å². The van der Waals surface area contributed by atoms with Gasteiger partial charge in [0.2, 0.25) is 11.0 Å². The Kier molecular flexibility index (Phi) is 6.88. The molecule has 3 amide bonds. The number of urea groups is 1. The number of anilines is 1. The smallest absolute Gasteiger partial charge is 0.317 e. The number of carbonyl (C=O) groups is 2. The number of amides is 3. The summed E-state index contributed by atoms with van der Waals surface area (Å²) in [5.74, 6) is -0.318. The van der Waals surface area contributed by atoms with Crippen LogP contribution in [0.3, 0.4) is 0 Å². The van der Waals surface area contributed by atoms with E-state index in [4.69, 9.17) is 4.74 Å². The molecule has 10 heteroatoms. The van der Waals surface area contributed by atoms with E-state index >= 15 is 0 Å². The number of carbonyl (C=O) groups excluding carboxylic acids is 2. The van der Waals surface area contributed by atoms with E-state index < -0.39 is 0 Å². The summed E-state index contributed by atoms with van der Waals surface area (Å²) in [4.78, 5) is 28.6. The summed E-state index contributed by atoms with van der Waals surface area (Å²) in [6.07, 6.45) is 1.92. The molecule has 2 N–H and O–H groups in total. The molecule has 2 aromatic rings. The third-order valence-corrected chi connectivity index (χ3v) is 6.13. The molecular formula is C20H26N6O3S. The lowest BCUT2D eigenvalue weighted by atomic mass is 10.2. The van der Waals surface area contributed by atoms with E-state index in [0.717, 1.165) is 44.1 Å². The maximum Gasteiger partial charge on any atom is 0.317 e. The summed E-state index contributed by atoms with van der Waals surface area (Å²) >= 11 is 1.31. The third kappa shape index (κ3) is 5.53. The molecule has 0 aliphatic carbocycles. The van der Waals surface area contributed by atoms with Crippen LogP contribution in [-0.4, -0.2) is 71.3 Å². The Balaban J connectivity index is 1.16. The number of nitrogens with one attached hydrogen (secondary N) is 2. The van der Waals surface area contributed by atoms with Gasteiger partial charge in [0.15, 0.2) is 0 Å². The normalized spacial score (nSPS) is 19.6. The lowest BCUT2D eigenvalue weighted by Gasteiger charge is -2.34. The monoisotopic (exact) mass is 430 g/mol. The van der Waals surface area contributed by atoms with Gasteiger partial charge in [-0.3, -0.25) is 15.0 Å². The van der Waals surface area contributed by atoms with Crippen molar-refractivity contribution in [3.8, 4) is 0 Å². The van der Waals surface area contributed by atoms with Gasteiger partial charge in [0, 0.05) is 39.3 Å². The Morgan fingerprint density at radius 1 is 1.13 bits per heavy atom. The molecule has 2 aliphatic heterocycles. The van der Waals surface area contributed by atoms with Crippen LogP contribution >= 0.6 is 11.3 Å². The Hall–Kier alpha value is -2.56. The molecule has 4 rings (SSSR count). The molecule has 1 aromatic carbocycles. The van der Waals surface area contributed by atoms with Crippen LogP contribution in [0.1, 0.15) is 29.5 Å². The molecule has 160 valence electrons. The van der Waals surface area contributed by atoms with Crippen LogP contribution < -0.4 is 10.6 Å². The summed E-state index contributed by atoms with van der Waals surface area (Å²) in [6.45, 7) is 4.42. The summed E-state index contributed by atoms with van der Waals surface area (Å²) in [5, 5.41) is 14.7. The van der Waals surface area contributed by atoms with Gasteiger partial charge in [-0.2, -0.15) is 0 Å². The maximum absolute atomic E-state index is 12.4. The van der Waals surface area contributed by atoms with Gasteiger partial charge in [-0.25, -0.2) is 4.79 Å². The lowest BCUT2D eigenvalue weighted by molar-refractivity contribution is -0.115. The average molecular weight is 431 g/mol. The molecule has 0 bridgehead atoms. The second-order valence-corrected chi connectivity index (χ2v) is 8.41. The van der Waals surface area contributed by atoms with Crippen molar-refractivity contribution in [3.05, 3.63) is 40.9 Å². The van der Waals surface area contributed by atoms with Gasteiger partial charge in [-0.1, -0.05) is 41.7 Å². The largest absolute Gasteiger partial charge is 0.371 e. The van der Waals surface area contributed by atoms with Crippen molar-refractivity contribution in [2.75, 3.05) is 44.6 Å². The first-order valence-corrected chi connectivity index (χ1v) is 11.0. The number of hydrogen-bond acceptors (Lipinski definition) is 7. The van der Waals surface area contributed by atoms with Crippen LogP contribution in [0, 0.1) is 0 Å². The van der Waals surface area contributed by atoms with E-state index in [9.17, 15) is 9.59 Å². The third-order valence-electron chi connectivity index (χ3n) is 5.20. The second kappa shape index (κ2) is 9.96. The van der Waals surface area contributed by atoms with Crippen LogP contribution in [-0.2, 0) is 16.1 Å². The van der Waals surface area contributed by atoms with Crippen LogP contribution in [0.2, 0.25) is 0 Å². The van der Waals surface area contributed by atoms with Gasteiger partial charge in [0.05, 0.1) is 6.54 Å². The first-order chi connectivity index (χ1) is 14.7. The SMILES string of the molecule is O=C(CNC(=O)N1CCN(Cc2ccccc2)CC1)Nc1nnc([C@@H]2CCCO2)s1. The fourth-order valence-electron chi connectivity index (χ4n) is 3.57. The molecule has 2 aliphatic rings. The molecule has 2 fully saturated rings. The van der Waals surface area contributed by atoms with Crippen LogP contribution in [0.5, 0.6) is 0 Å². The molecule has 3 heterocycles. The highest BCUT2D eigenvalue weighted by atomic mass is 32.1. The standard InChI is InChI=1S/C20H26N6O3S/c27-17(22-19-24-23-18(30-19)16-7-4-12-29-16)13-21-20(28)26-10-8-25(9-11-26)14-15-5-2-1-3-6-15/h1-3,5-6,16H,4,7-14H2,(H,21,28)(H,22,24,27)/t16-/m0/s1. The zero-order chi connectivity index (χ0) is 20.8. The molecule has 2 saturated heterocycles.